The highest BCUT2D eigenvalue weighted by Crippen LogP contribution is 2.06. The first-order valence-corrected chi connectivity index (χ1v) is 7.88. The molecule has 2 N–H and O–H groups in total. The van der Waals surface area contributed by atoms with E-state index in [1.165, 1.54) is 11.1 Å². The van der Waals surface area contributed by atoms with Gasteiger partial charge in [0.15, 0.2) is 5.96 Å². The Morgan fingerprint density at radius 1 is 1.17 bits per heavy atom. The number of hydrogen-bond acceptors (Lipinski definition) is 2. The molecule has 0 bridgehead atoms. The molecule has 1 aromatic carbocycles. The lowest BCUT2D eigenvalue weighted by atomic mass is 10.1. The van der Waals surface area contributed by atoms with Gasteiger partial charge >= 0.3 is 0 Å². The average molecular weight is 432 g/mol. The van der Waals surface area contributed by atoms with E-state index in [1.54, 1.807) is 0 Å². The zero-order valence-corrected chi connectivity index (χ0v) is 16.9. The summed E-state index contributed by atoms with van der Waals surface area (Å²) in [6, 6.07) is 8.43. The van der Waals surface area contributed by atoms with E-state index >= 15 is 0 Å². The molecule has 1 rings (SSSR count). The first-order valence-electron chi connectivity index (χ1n) is 7.88. The minimum absolute atomic E-state index is 0. The van der Waals surface area contributed by atoms with Crippen molar-refractivity contribution in [3.63, 3.8) is 0 Å². The van der Waals surface area contributed by atoms with E-state index in [1.807, 2.05) is 25.8 Å². The van der Waals surface area contributed by atoms with Crippen LogP contribution < -0.4 is 10.6 Å². The van der Waals surface area contributed by atoms with E-state index in [0.29, 0.717) is 6.54 Å². The topological polar surface area (TPSA) is 56.7 Å². The van der Waals surface area contributed by atoms with Crippen LogP contribution >= 0.6 is 24.0 Å². The molecule has 0 saturated heterocycles. The second kappa shape index (κ2) is 12.2. The Morgan fingerprint density at radius 2 is 1.83 bits per heavy atom. The van der Waals surface area contributed by atoms with Crippen LogP contribution in [0.1, 0.15) is 31.4 Å². The molecule has 0 spiro atoms. The zero-order valence-electron chi connectivity index (χ0n) is 14.6. The summed E-state index contributed by atoms with van der Waals surface area (Å²) in [5.74, 6) is 0.704. The van der Waals surface area contributed by atoms with Gasteiger partial charge in [-0.25, -0.2) is 4.99 Å². The van der Waals surface area contributed by atoms with Crippen molar-refractivity contribution in [2.45, 2.75) is 33.7 Å². The molecule has 0 radical (unpaired) electrons. The first-order chi connectivity index (χ1) is 10.6. The molecule has 0 aliphatic rings. The number of benzene rings is 1. The van der Waals surface area contributed by atoms with Crippen LogP contribution in [0.15, 0.2) is 29.3 Å². The van der Waals surface area contributed by atoms with Gasteiger partial charge in [-0.1, -0.05) is 36.8 Å². The van der Waals surface area contributed by atoms with Gasteiger partial charge in [0, 0.05) is 26.7 Å². The van der Waals surface area contributed by atoms with Gasteiger partial charge in [-0.3, -0.25) is 4.79 Å². The third-order valence-electron chi connectivity index (χ3n) is 3.18. The molecule has 130 valence electrons. The number of nitrogens with one attached hydrogen (secondary N) is 2. The Hall–Kier alpha value is -1.31. The monoisotopic (exact) mass is 432 g/mol. The molecule has 0 unspecified atom stereocenters. The van der Waals surface area contributed by atoms with E-state index in [0.717, 1.165) is 25.5 Å². The van der Waals surface area contributed by atoms with Crippen molar-refractivity contribution in [2.75, 3.05) is 26.7 Å². The third kappa shape index (κ3) is 8.78. The maximum absolute atomic E-state index is 11.7. The molecule has 0 aliphatic heterocycles. The van der Waals surface area contributed by atoms with E-state index in [-0.39, 0.29) is 36.4 Å². The van der Waals surface area contributed by atoms with Crippen molar-refractivity contribution >= 4 is 35.8 Å². The van der Waals surface area contributed by atoms with Crippen LogP contribution in [0.3, 0.4) is 0 Å². The number of guanidine groups is 1. The molecule has 1 amide bonds. The van der Waals surface area contributed by atoms with Crippen LogP contribution in [0.25, 0.3) is 0 Å². The van der Waals surface area contributed by atoms with Crippen LogP contribution in [-0.2, 0) is 11.3 Å². The molecule has 5 nitrogen and oxygen atoms in total. The molecular weight excluding hydrogens is 403 g/mol. The van der Waals surface area contributed by atoms with Crippen LogP contribution in [0.2, 0.25) is 0 Å². The molecular formula is C17H29IN4O. The SMILES string of the molecule is CCCNC(=O)CN=C(NCC)N(C)Cc1ccc(C)cc1.I. The quantitative estimate of drug-likeness (QED) is 0.396. The third-order valence-corrected chi connectivity index (χ3v) is 3.18. The number of hydrogen-bond donors (Lipinski definition) is 2. The number of aliphatic imine (C=N–C) groups is 1. The summed E-state index contributed by atoms with van der Waals surface area (Å²) in [5, 5.41) is 6.05. The summed E-state index contributed by atoms with van der Waals surface area (Å²) in [5.41, 5.74) is 2.47. The number of carbonyl (C=O) groups excluding carboxylic acids is 1. The number of halogens is 1. The molecule has 0 fully saturated rings. The minimum Gasteiger partial charge on any atom is -0.357 e. The Bertz CT molecular complexity index is 488. The predicted octanol–water partition coefficient (Wildman–Crippen LogP) is 2.54. The minimum atomic E-state index is -0.0408. The second-order valence-electron chi connectivity index (χ2n) is 5.36. The predicted molar refractivity (Wildman–Crippen MR) is 107 cm³/mol. The van der Waals surface area contributed by atoms with Gasteiger partial charge in [0.2, 0.25) is 5.91 Å². The van der Waals surface area contributed by atoms with E-state index < -0.39 is 0 Å². The summed E-state index contributed by atoms with van der Waals surface area (Å²) in [6.45, 7) is 8.50. The number of aryl methyl sites for hydroxylation is 1. The molecule has 0 atom stereocenters. The highest BCUT2D eigenvalue weighted by Gasteiger charge is 2.07. The molecule has 0 saturated carbocycles. The highest BCUT2D eigenvalue weighted by atomic mass is 127. The maximum atomic E-state index is 11.7. The average Bonchev–Trinajstić information content (AvgIpc) is 2.51. The lowest BCUT2D eigenvalue weighted by Crippen LogP contribution is -2.39. The van der Waals surface area contributed by atoms with Crippen molar-refractivity contribution in [3.05, 3.63) is 35.4 Å². The van der Waals surface area contributed by atoms with Gasteiger partial charge in [0.1, 0.15) is 6.54 Å². The van der Waals surface area contributed by atoms with Crippen molar-refractivity contribution in [1.29, 1.82) is 0 Å². The van der Waals surface area contributed by atoms with Crippen LogP contribution in [0, 0.1) is 6.92 Å². The summed E-state index contributed by atoms with van der Waals surface area (Å²) >= 11 is 0. The summed E-state index contributed by atoms with van der Waals surface area (Å²) in [7, 11) is 1.98. The zero-order chi connectivity index (χ0) is 16.4. The van der Waals surface area contributed by atoms with Gasteiger partial charge < -0.3 is 15.5 Å². The lowest BCUT2D eigenvalue weighted by molar-refractivity contribution is -0.119. The van der Waals surface area contributed by atoms with E-state index in [9.17, 15) is 4.79 Å². The summed E-state index contributed by atoms with van der Waals surface area (Å²) in [4.78, 5) is 18.1. The fourth-order valence-electron chi connectivity index (χ4n) is 1.98. The van der Waals surface area contributed by atoms with Gasteiger partial charge in [-0.15, -0.1) is 24.0 Å². The van der Waals surface area contributed by atoms with Gasteiger partial charge in [0.25, 0.3) is 0 Å². The first kappa shape index (κ1) is 21.7. The van der Waals surface area contributed by atoms with Gasteiger partial charge in [-0.05, 0) is 25.8 Å². The summed E-state index contributed by atoms with van der Waals surface area (Å²) in [6.07, 6.45) is 0.933. The molecule has 6 heteroatoms. The Labute approximate surface area is 157 Å². The van der Waals surface area contributed by atoms with Crippen molar-refractivity contribution in [2.24, 2.45) is 4.99 Å². The lowest BCUT2D eigenvalue weighted by Gasteiger charge is -2.22. The molecule has 1 aromatic rings. The Kier molecular flexibility index (Phi) is 11.5. The van der Waals surface area contributed by atoms with E-state index in [2.05, 4.69) is 46.8 Å². The molecule has 0 aromatic heterocycles. The highest BCUT2D eigenvalue weighted by molar-refractivity contribution is 14.0. The second-order valence-corrected chi connectivity index (χ2v) is 5.36. The van der Waals surface area contributed by atoms with Gasteiger partial charge in [0.05, 0.1) is 0 Å². The number of carbonyl (C=O) groups is 1. The number of amides is 1. The number of nitrogens with zero attached hydrogens (tertiary/aromatic N) is 2. The Balaban J connectivity index is 0.00000484. The summed E-state index contributed by atoms with van der Waals surface area (Å²) < 4.78 is 0. The smallest absolute Gasteiger partial charge is 0.241 e. The van der Waals surface area contributed by atoms with Crippen molar-refractivity contribution in [1.82, 2.24) is 15.5 Å². The standard InChI is InChI=1S/C17H28N4O.HI/c1-5-11-19-16(22)12-20-17(18-6-2)21(4)13-15-9-7-14(3)8-10-15;/h7-10H,5-6,11-13H2,1-4H3,(H,18,20)(H,19,22);1H. The molecule has 0 aliphatic carbocycles. The Morgan fingerprint density at radius 3 is 2.39 bits per heavy atom. The molecule has 0 heterocycles. The van der Waals surface area contributed by atoms with Crippen molar-refractivity contribution in [3.8, 4) is 0 Å². The maximum Gasteiger partial charge on any atom is 0.241 e. The van der Waals surface area contributed by atoms with Crippen LogP contribution in [0.4, 0.5) is 0 Å². The fraction of sp³-hybridized carbons (Fsp3) is 0.529. The fourth-order valence-corrected chi connectivity index (χ4v) is 1.98. The largest absolute Gasteiger partial charge is 0.357 e. The van der Waals surface area contributed by atoms with Gasteiger partial charge in [-0.2, -0.15) is 0 Å². The van der Waals surface area contributed by atoms with E-state index in [4.69, 9.17) is 0 Å². The molecule has 23 heavy (non-hydrogen) atoms. The normalized spacial score (nSPS) is 10.7. The van der Waals surface area contributed by atoms with Crippen molar-refractivity contribution < 1.29 is 4.79 Å². The van der Waals surface area contributed by atoms with Crippen LogP contribution in [-0.4, -0.2) is 43.4 Å². The number of rotatable bonds is 7. The van der Waals surface area contributed by atoms with Crippen LogP contribution in [0.5, 0.6) is 0 Å².